The topological polar surface area (TPSA) is 78.9 Å². The highest BCUT2D eigenvalue weighted by Gasteiger charge is 2.19. The van der Waals surface area contributed by atoms with Crippen LogP contribution in [0, 0.1) is 17.8 Å². The Hall–Kier alpha value is -1.59. The molecule has 0 radical (unpaired) electrons. The quantitative estimate of drug-likeness (QED) is 0.0344. The second-order valence-electron chi connectivity index (χ2n) is 20.7. The van der Waals surface area contributed by atoms with E-state index in [-0.39, 0.29) is 31.1 Å². The van der Waals surface area contributed by atoms with E-state index in [9.17, 15) is 14.4 Å². The van der Waals surface area contributed by atoms with Gasteiger partial charge in [-0.1, -0.05) is 279 Å². The molecule has 0 aromatic carbocycles. The number of ether oxygens (including phenoxy) is 3. The average molecular weight is 906 g/mol. The number of hydrogen-bond acceptors (Lipinski definition) is 6. The third-order valence-electron chi connectivity index (χ3n) is 14.2. The first kappa shape index (κ1) is 62.4. The number of hydrogen-bond donors (Lipinski definition) is 0. The van der Waals surface area contributed by atoms with Crippen LogP contribution in [0.5, 0.6) is 0 Å². The van der Waals surface area contributed by atoms with Crippen LogP contribution in [0.3, 0.4) is 0 Å². The summed E-state index contributed by atoms with van der Waals surface area (Å²) in [5.74, 6) is 1.74. The van der Waals surface area contributed by atoms with Gasteiger partial charge in [0.05, 0.1) is 0 Å². The summed E-state index contributed by atoms with van der Waals surface area (Å²) in [5.41, 5.74) is 0. The Morgan fingerprint density at radius 2 is 0.500 bits per heavy atom. The third-order valence-corrected chi connectivity index (χ3v) is 14.2. The van der Waals surface area contributed by atoms with Crippen LogP contribution >= 0.6 is 0 Å². The number of rotatable bonds is 51. The lowest BCUT2D eigenvalue weighted by molar-refractivity contribution is -0.167. The van der Waals surface area contributed by atoms with Gasteiger partial charge in [-0.05, 0) is 37.0 Å². The van der Waals surface area contributed by atoms with Gasteiger partial charge < -0.3 is 14.2 Å². The van der Waals surface area contributed by atoms with Gasteiger partial charge in [0.1, 0.15) is 13.2 Å². The molecule has 0 amide bonds. The minimum Gasteiger partial charge on any atom is -0.462 e. The molecule has 0 bridgehead atoms. The average Bonchev–Trinajstić information content (AvgIpc) is 3.29. The van der Waals surface area contributed by atoms with Gasteiger partial charge in [0.15, 0.2) is 6.10 Å². The highest BCUT2D eigenvalue weighted by atomic mass is 16.6. The Balaban J connectivity index is 4.23. The largest absolute Gasteiger partial charge is 0.462 e. The van der Waals surface area contributed by atoms with E-state index in [4.69, 9.17) is 14.2 Å². The normalized spacial score (nSPS) is 13.4. The van der Waals surface area contributed by atoms with Crippen molar-refractivity contribution in [3.8, 4) is 0 Å². The van der Waals surface area contributed by atoms with Gasteiger partial charge in [-0.25, -0.2) is 0 Å². The van der Waals surface area contributed by atoms with Gasteiger partial charge >= 0.3 is 17.9 Å². The maximum Gasteiger partial charge on any atom is 0.306 e. The number of esters is 3. The lowest BCUT2D eigenvalue weighted by Gasteiger charge is -2.18. The van der Waals surface area contributed by atoms with Gasteiger partial charge in [-0.15, -0.1) is 0 Å². The second-order valence-corrected chi connectivity index (χ2v) is 20.7. The fourth-order valence-electron chi connectivity index (χ4n) is 8.73. The minimum absolute atomic E-state index is 0.0648. The summed E-state index contributed by atoms with van der Waals surface area (Å²) >= 11 is 0. The Labute approximate surface area is 399 Å². The van der Waals surface area contributed by atoms with E-state index in [2.05, 4.69) is 41.5 Å². The summed E-state index contributed by atoms with van der Waals surface area (Å²) in [7, 11) is 0. The molecular weight excluding hydrogens is 793 g/mol. The Morgan fingerprint density at radius 3 is 0.734 bits per heavy atom. The third kappa shape index (κ3) is 46.9. The molecular formula is C58H112O6. The molecule has 0 saturated carbocycles. The predicted molar refractivity (Wildman–Crippen MR) is 275 cm³/mol. The monoisotopic (exact) mass is 905 g/mol. The Morgan fingerprint density at radius 1 is 0.297 bits per heavy atom. The van der Waals surface area contributed by atoms with Crippen LogP contribution in [0.4, 0.5) is 0 Å². The highest BCUT2D eigenvalue weighted by Crippen LogP contribution is 2.19. The van der Waals surface area contributed by atoms with E-state index in [0.717, 1.165) is 75.5 Å². The molecule has 4 atom stereocenters. The van der Waals surface area contributed by atoms with E-state index in [1.54, 1.807) is 0 Å². The zero-order chi connectivity index (χ0) is 47.0. The summed E-state index contributed by atoms with van der Waals surface area (Å²) in [4.78, 5) is 38.0. The van der Waals surface area contributed by atoms with Crippen LogP contribution in [0.2, 0.25) is 0 Å². The smallest absolute Gasteiger partial charge is 0.306 e. The molecule has 0 aromatic rings. The summed E-state index contributed by atoms with van der Waals surface area (Å²) in [5, 5.41) is 0. The lowest BCUT2D eigenvalue weighted by atomic mass is 9.99. The van der Waals surface area contributed by atoms with Gasteiger partial charge in [0.2, 0.25) is 0 Å². The first-order chi connectivity index (χ1) is 31.2. The second kappa shape index (κ2) is 49.3. The van der Waals surface area contributed by atoms with Crippen LogP contribution < -0.4 is 0 Å². The first-order valence-corrected chi connectivity index (χ1v) is 28.7. The fraction of sp³-hybridized carbons (Fsp3) is 0.948. The summed E-state index contributed by atoms with van der Waals surface area (Å²) in [6.07, 6.45) is 50.9. The summed E-state index contributed by atoms with van der Waals surface area (Å²) < 4.78 is 16.9. The minimum atomic E-state index is -0.764. The molecule has 0 saturated heterocycles. The van der Waals surface area contributed by atoms with Crippen molar-refractivity contribution in [2.24, 2.45) is 17.8 Å². The van der Waals surface area contributed by atoms with Crippen LogP contribution in [0.15, 0.2) is 0 Å². The SMILES string of the molecule is CCC(C)CCCCCCCCCCCCCCCCCCCCC(=O)O[C@H](COC(=O)CCCCCCCCCCCCC(C)CC)COC(=O)CCCCCCCCC(C)CC. The van der Waals surface area contributed by atoms with Crippen LogP contribution in [0.1, 0.15) is 318 Å². The maximum absolute atomic E-state index is 12.8. The van der Waals surface area contributed by atoms with Crippen LogP contribution in [0.25, 0.3) is 0 Å². The summed E-state index contributed by atoms with van der Waals surface area (Å²) in [6.45, 7) is 13.8. The molecule has 6 nitrogen and oxygen atoms in total. The standard InChI is InChI=1S/C58H112O6/c1-7-52(4)44-38-32-26-22-18-16-14-12-10-11-13-15-17-19-25-29-37-43-49-58(61)64-55(51-63-57(60)48-42-36-31-30-34-40-46-54(6)9-3)50-62-56(59)47-41-35-28-24-21-20-23-27-33-39-45-53(5)8-2/h52-55H,7-51H2,1-6H3/t52?,53?,54?,55-/m1/s1. The molecule has 6 heteroatoms. The maximum atomic E-state index is 12.8. The van der Waals surface area contributed by atoms with E-state index in [0.29, 0.717) is 19.3 Å². The molecule has 0 N–H and O–H groups in total. The molecule has 3 unspecified atom stereocenters. The van der Waals surface area contributed by atoms with Crippen molar-refractivity contribution < 1.29 is 28.6 Å². The Bertz CT molecular complexity index is 997. The highest BCUT2D eigenvalue weighted by molar-refractivity contribution is 5.71. The molecule has 0 heterocycles. The van der Waals surface area contributed by atoms with Gasteiger partial charge in [0, 0.05) is 19.3 Å². The Kier molecular flexibility index (Phi) is 48.1. The van der Waals surface area contributed by atoms with E-state index in [1.165, 1.54) is 199 Å². The van der Waals surface area contributed by atoms with Crippen LogP contribution in [-0.4, -0.2) is 37.2 Å². The number of carbonyl (C=O) groups excluding carboxylic acids is 3. The van der Waals surface area contributed by atoms with Crippen molar-refractivity contribution in [1.82, 2.24) is 0 Å². The fourth-order valence-corrected chi connectivity index (χ4v) is 8.73. The molecule has 0 fully saturated rings. The molecule has 0 aliphatic heterocycles. The first-order valence-electron chi connectivity index (χ1n) is 28.7. The van der Waals surface area contributed by atoms with Gasteiger partial charge in [-0.2, -0.15) is 0 Å². The molecule has 0 rings (SSSR count). The van der Waals surface area contributed by atoms with E-state index < -0.39 is 6.10 Å². The zero-order valence-electron chi connectivity index (χ0n) is 44.1. The van der Waals surface area contributed by atoms with Crippen molar-refractivity contribution in [3.63, 3.8) is 0 Å². The van der Waals surface area contributed by atoms with Crippen molar-refractivity contribution in [2.75, 3.05) is 13.2 Å². The lowest BCUT2D eigenvalue weighted by Crippen LogP contribution is -2.30. The number of carbonyl (C=O) groups is 3. The van der Waals surface area contributed by atoms with Crippen molar-refractivity contribution >= 4 is 17.9 Å². The predicted octanol–water partition coefficient (Wildman–Crippen LogP) is 18.7. The van der Waals surface area contributed by atoms with E-state index in [1.807, 2.05) is 0 Å². The molecule has 380 valence electrons. The number of unbranched alkanes of at least 4 members (excludes halogenated alkanes) is 31. The summed E-state index contributed by atoms with van der Waals surface area (Å²) in [6, 6.07) is 0. The molecule has 0 aromatic heterocycles. The van der Waals surface area contributed by atoms with Crippen molar-refractivity contribution in [2.45, 2.75) is 324 Å². The molecule has 0 spiro atoms. The van der Waals surface area contributed by atoms with Gasteiger partial charge in [0.25, 0.3) is 0 Å². The van der Waals surface area contributed by atoms with Crippen molar-refractivity contribution in [3.05, 3.63) is 0 Å². The molecule has 0 aliphatic rings. The zero-order valence-corrected chi connectivity index (χ0v) is 44.1. The van der Waals surface area contributed by atoms with Gasteiger partial charge in [-0.3, -0.25) is 14.4 Å². The molecule has 0 aliphatic carbocycles. The van der Waals surface area contributed by atoms with Crippen molar-refractivity contribution in [1.29, 1.82) is 0 Å². The van der Waals surface area contributed by atoms with Crippen LogP contribution in [-0.2, 0) is 28.6 Å². The van der Waals surface area contributed by atoms with E-state index >= 15 is 0 Å². The molecule has 64 heavy (non-hydrogen) atoms.